The molecule has 4 rings (SSSR count). The van der Waals surface area contributed by atoms with Gasteiger partial charge in [-0.05, 0) is 30.5 Å². The molecule has 0 spiro atoms. The number of nitrogens with zero attached hydrogens (tertiary/aromatic N) is 4. The van der Waals surface area contributed by atoms with E-state index in [0.717, 1.165) is 16.4 Å². The number of urea groups is 1. The van der Waals surface area contributed by atoms with Crippen LogP contribution in [0.3, 0.4) is 0 Å². The molecule has 0 atom stereocenters. The van der Waals surface area contributed by atoms with Crippen molar-refractivity contribution in [2.45, 2.75) is 13.5 Å². The molecule has 1 saturated heterocycles. The first kappa shape index (κ1) is 19.2. The van der Waals surface area contributed by atoms with E-state index in [1.165, 1.54) is 0 Å². The van der Waals surface area contributed by atoms with Crippen LogP contribution in [0.4, 0.5) is 10.6 Å². The second-order valence-corrected chi connectivity index (χ2v) is 7.95. The maximum absolute atomic E-state index is 12.4. The van der Waals surface area contributed by atoms with Crippen molar-refractivity contribution in [2.24, 2.45) is 0 Å². The van der Waals surface area contributed by atoms with Gasteiger partial charge in [0.1, 0.15) is 11.6 Å². The lowest BCUT2D eigenvalue weighted by atomic mass is 10.2. The first-order chi connectivity index (χ1) is 14.1. The predicted octanol–water partition coefficient (Wildman–Crippen LogP) is 3.25. The number of para-hydroxylation sites is 1. The highest BCUT2D eigenvalue weighted by atomic mass is 32.1. The number of anilines is 1. The molecule has 1 aromatic carbocycles. The van der Waals surface area contributed by atoms with Crippen molar-refractivity contribution < 1.29 is 9.90 Å². The van der Waals surface area contributed by atoms with Crippen LogP contribution in [0.15, 0.2) is 47.8 Å². The lowest BCUT2D eigenvalue weighted by Crippen LogP contribution is -2.51. The Balaban J connectivity index is 1.41. The number of rotatable bonds is 4. The van der Waals surface area contributed by atoms with Crippen molar-refractivity contribution in [1.82, 2.24) is 20.2 Å². The second-order valence-electron chi connectivity index (χ2n) is 6.92. The van der Waals surface area contributed by atoms with Crippen molar-refractivity contribution in [2.75, 3.05) is 31.1 Å². The zero-order chi connectivity index (χ0) is 20.2. The lowest BCUT2D eigenvalue weighted by molar-refractivity contribution is 0.194. The molecule has 1 fully saturated rings. The molecule has 3 aromatic rings. The van der Waals surface area contributed by atoms with Crippen molar-refractivity contribution in [3.8, 4) is 17.1 Å². The van der Waals surface area contributed by atoms with Crippen LogP contribution in [-0.4, -0.2) is 52.2 Å². The van der Waals surface area contributed by atoms with Gasteiger partial charge in [-0.3, -0.25) is 0 Å². The molecular formula is C21H23N5O2S. The van der Waals surface area contributed by atoms with E-state index in [4.69, 9.17) is 0 Å². The summed E-state index contributed by atoms with van der Waals surface area (Å²) < 4.78 is 0. The third-order valence-electron chi connectivity index (χ3n) is 4.87. The molecule has 2 aromatic heterocycles. The summed E-state index contributed by atoms with van der Waals surface area (Å²) in [5, 5.41) is 15.1. The molecule has 0 bridgehead atoms. The fourth-order valence-corrected chi connectivity index (χ4v) is 3.97. The van der Waals surface area contributed by atoms with E-state index in [2.05, 4.69) is 20.2 Å². The summed E-state index contributed by atoms with van der Waals surface area (Å²) in [4.78, 5) is 26.7. The number of aromatic hydroxyl groups is 1. The Morgan fingerprint density at radius 1 is 1.14 bits per heavy atom. The Hall–Kier alpha value is -3.13. The topological polar surface area (TPSA) is 81.6 Å². The molecule has 29 heavy (non-hydrogen) atoms. The number of phenolic OH excluding ortho intramolecular Hbond substituents is 1. The van der Waals surface area contributed by atoms with Crippen LogP contribution in [0.2, 0.25) is 0 Å². The van der Waals surface area contributed by atoms with Gasteiger partial charge >= 0.3 is 6.03 Å². The van der Waals surface area contributed by atoms with E-state index >= 15 is 0 Å². The number of thiophene rings is 1. The molecule has 0 unspecified atom stereocenters. The average Bonchev–Trinajstić information content (AvgIpc) is 3.26. The third kappa shape index (κ3) is 4.48. The number of amides is 2. The molecule has 0 radical (unpaired) electrons. The van der Waals surface area contributed by atoms with Crippen LogP contribution in [0.1, 0.15) is 10.6 Å². The minimum Gasteiger partial charge on any atom is -0.507 e. The van der Waals surface area contributed by atoms with Crippen LogP contribution in [0.5, 0.6) is 5.75 Å². The number of nitrogens with one attached hydrogen (secondary N) is 1. The number of piperazine rings is 1. The molecule has 2 amide bonds. The van der Waals surface area contributed by atoms with Gasteiger partial charge in [0.05, 0.1) is 12.1 Å². The maximum atomic E-state index is 12.4. The van der Waals surface area contributed by atoms with Crippen molar-refractivity contribution in [3.63, 3.8) is 0 Å². The van der Waals surface area contributed by atoms with E-state index in [1.54, 1.807) is 23.5 Å². The number of aryl methyl sites for hydroxylation is 1. The van der Waals surface area contributed by atoms with Gasteiger partial charge in [-0.2, -0.15) is 0 Å². The Morgan fingerprint density at radius 3 is 2.66 bits per heavy atom. The number of hydrogen-bond donors (Lipinski definition) is 2. The normalized spacial score (nSPS) is 14.1. The van der Waals surface area contributed by atoms with Gasteiger partial charge in [0.25, 0.3) is 0 Å². The van der Waals surface area contributed by atoms with Crippen LogP contribution < -0.4 is 10.2 Å². The van der Waals surface area contributed by atoms with Crippen molar-refractivity contribution in [3.05, 3.63) is 58.4 Å². The van der Waals surface area contributed by atoms with Gasteiger partial charge in [-0.1, -0.05) is 18.2 Å². The molecule has 2 N–H and O–H groups in total. The average molecular weight is 410 g/mol. The first-order valence-corrected chi connectivity index (χ1v) is 10.4. The summed E-state index contributed by atoms with van der Waals surface area (Å²) in [6.45, 7) is 5.14. The Morgan fingerprint density at radius 2 is 1.93 bits per heavy atom. The Bertz CT molecular complexity index is 984. The van der Waals surface area contributed by atoms with Gasteiger partial charge in [0, 0.05) is 42.8 Å². The second kappa shape index (κ2) is 8.48. The van der Waals surface area contributed by atoms with Gasteiger partial charge in [0.15, 0.2) is 5.82 Å². The zero-order valence-corrected chi connectivity index (χ0v) is 17.0. The monoisotopic (exact) mass is 409 g/mol. The zero-order valence-electron chi connectivity index (χ0n) is 16.2. The van der Waals surface area contributed by atoms with Crippen LogP contribution in [0.25, 0.3) is 11.4 Å². The lowest BCUT2D eigenvalue weighted by Gasteiger charge is -2.35. The number of carbonyl (C=O) groups is 1. The smallest absolute Gasteiger partial charge is 0.317 e. The fourth-order valence-electron chi connectivity index (χ4n) is 3.32. The van der Waals surface area contributed by atoms with E-state index in [0.29, 0.717) is 44.1 Å². The van der Waals surface area contributed by atoms with Gasteiger partial charge in [0.2, 0.25) is 0 Å². The number of benzene rings is 1. The molecule has 1 aliphatic heterocycles. The molecule has 7 nitrogen and oxygen atoms in total. The quantitative estimate of drug-likeness (QED) is 0.691. The van der Waals surface area contributed by atoms with Gasteiger partial charge in [-0.25, -0.2) is 14.8 Å². The summed E-state index contributed by atoms with van der Waals surface area (Å²) in [5.74, 6) is 1.49. The minimum atomic E-state index is -0.0354. The van der Waals surface area contributed by atoms with Crippen molar-refractivity contribution in [1.29, 1.82) is 0 Å². The van der Waals surface area contributed by atoms with E-state index in [1.807, 2.05) is 47.5 Å². The molecule has 8 heteroatoms. The number of aromatic nitrogens is 2. The molecule has 3 heterocycles. The maximum Gasteiger partial charge on any atom is 0.317 e. The summed E-state index contributed by atoms with van der Waals surface area (Å²) in [6.07, 6.45) is 0. The SMILES string of the molecule is Cc1cc(N2CCN(C(=O)NCc3cccs3)CC2)nc(-c2ccccc2O)n1. The highest BCUT2D eigenvalue weighted by molar-refractivity contribution is 7.09. The fraction of sp³-hybridized carbons (Fsp3) is 0.286. The number of hydrogen-bond acceptors (Lipinski definition) is 6. The standard InChI is InChI=1S/C21H23N5O2S/c1-15-13-19(24-20(23-15)17-6-2-3-7-18(17)27)25-8-10-26(11-9-25)21(28)22-14-16-5-4-12-29-16/h2-7,12-13,27H,8-11,14H2,1H3,(H,22,28). The summed E-state index contributed by atoms with van der Waals surface area (Å²) in [5.41, 5.74) is 1.45. The van der Waals surface area contributed by atoms with Crippen LogP contribution in [-0.2, 0) is 6.54 Å². The molecule has 0 saturated carbocycles. The van der Waals surface area contributed by atoms with E-state index in [9.17, 15) is 9.90 Å². The Kier molecular flexibility index (Phi) is 5.62. The molecule has 0 aliphatic carbocycles. The predicted molar refractivity (Wildman–Crippen MR) is 114 cm³/mol. The van der Waals surface area contributed by atoms with Crippen LogP contribution in [0, 0.1) is 6.92 Å². The highest BCUT2D eigenvalue weighted by Gasteiger charge is 2.22. The minimum absolute atomic E-state index is 0.0354. The first-order valence-electron chi connectivity index (χ1n) is 9.54. The van der Waals surface area contributed by atoms with E-state index in [-0.39, 0.29) is 11.8 Å². The number of carbonyl (C=O) groups excluding carboxylic acids is 1. The largest absolute Gasteiger partial charge is 0.507 e. The van der Waals surface area contributed by atoms with Crippen molar-refractivity contribution >= 4 is 23.2 Å². The summed E-state index contributed by atoms with van der Waals surface area (Å²) in [7, 11) is 0. The van der Waals surface area contributed by atoms with Gasteiger partial charge < -0.3 is 20.2 Å². The Labute approximate surface area is 173 Å². The van der Waals surface area contributed by atoms with E-state index < -0.39 is 0 Å². The molecule has 1 aliphatic rings. The highest BCUT2D eigenvalue weighted by Crippen LogP contribution is 2.28. The molecular weight excluding hydrogens is 386 g/mol. The van der Waals surface area contributed by atoms with Gasteiger partial charge in [-0.15, -0.1) is 11.3 Å². The summed E-state index contributed by atoms with van der Waals surface area (Å²) in [6, 6.07) is 13.0. The van der Waals surface area contributed by atoms with Crippen LogP contribution >= 0.6 is 11.3 Å². The third-order valence-corrected chi connectivity index (χ3v) is 5.75. The molecule has 150 valence electrons. The number of phenols is 1. The summed E-state index contributed by atoms with van der Waals surface area (Å²) >= 11 is 1.64.